The van der Waals surface area contributed by atoms with E-state index in [-0.39, 0.29) is 11.6 Å². The third kappa shape index (κ3) is 2.19. The summed E-state index contributed by atoms with van der Waals surface area (Å²) in [6.07, 6.45) is 1.20. The standard InChI is InChI=1S/C9H7FN4O2/c1-5-13-14-9(16-5)12-8(15)6-2-3-11-7(10)4-6/h2-4H,1H3,(H,12,14,15). The molecule has 2 aromatic rings. The fraction of sp³-hybridized carbons (Fsp3) is 0.111. The van der Waals surface area contributed by atoms with Crippen LogP contribution in [-0.4, -0.2) is 21.1 Å². The molecule has 0 saturated heterocycles. The quantitative estimate of drug-likeness (QED) is 0.771. The lowest BCUT2D eigenvalue weighted by Crippen LogP contribution is -2.12. The average Bonchev–Trinajstić information content (AvgIpc) is 2.64. The van der Waals surface area contributed by atoms with Crippen molar-refractivity contribution < 1.29 is 13.6 Å². The summed E-state index contributed by atoms with van der Waals surface area (Å²) in [7, 11) is 0. The molecule has 0 atom stereocenters. The monoisotopic (exact) mass is 222 g/mol. The fourth-order valence-corrected chi connectivity index (χ4v) is 1.06. The van der Waals surface area contributed by atoms with E-state index in [9.17, 15) is 9.18 Å². The number of aromatic nitrogens is 3. The van der Waals surface area contributed by atoms with Gasteiger partial charge in [-0.3, -0.25) is 10.1 Å². The second kappa shape index (κ2) is 4.05. The molecular weight excluding hydrogens is 215 g/mol. The van der Waals surface area contributed by atoms with E-state index in [2.05, 4.69) is 20.5 Å². The molecule has 0 unspecified atom stereocenters. The van der Waals surface area contributed by atoms with Gasteiger partial charge in [0.1, 0.15) is 0 Å². The van der Waals surface area contributed by atoms with Gasteiger partial charge in [-0.1, -0.05) is 5.10 Å². The largest absolute Gasteiger partial charge is 0.408 e. The van der Waals surface area contributed by atoms with Crippen LogP contribution in [0.15, 0.2) is 22.7 Å². The fourth-order valence-electron chi connectivity index (χ4n) is 1.06. The Labute approximate surface area is 89.5 Å². The third-order valence-corrected chi connectivity index (χ3v) is 1.74. The van der Waals surface area contributed by atoms with Crippen LogP contribution in [0.1, 0.15) is 16.2 Å². The SMILES string of the molecule is Cc1nnc(NC(=O)c2ccnc(F)c2)o1. The number of amides is 1. The van der Waals surface area contributed by atoms with E-state index in [0.717, 1.165) is 6.07 Å². The minimum absolute atomic E-state index is 0.0280. The van der Waals surface area contributed by atoms with E-state index in [4.69, 9.17) is 4.42 Å². The topological polar surface area (TPSA) is 80.9 Å². The molecule has 6 nitrogen and oxygen atoms in total. The van der Waals surface area contributed by atoms with E-state index >= 15 is 0 Å². The zero-order valence-corrected chi connectivity index (χ0v) is 8.27. The molecule has 0 aliphatic carbocycles. The zero-order valence-electron chi connectivity index (χ0n) is 8.27. The Morgan fingerprint density at radius 1 is 1.50 bits per heavy atom. The van der Waals surface area contributed by atoms with Crippen LogP contribution in [0.3, 0.4) is 0 Å². The summed E-state index contributed by atoms with van der Waals surface area (Å²) in [6.45, 7) is 1.59. The predicted octanol–water partition coefficient (Wildman–Crippen LogP) is 1.16. The number of hydrogen-bond donors (Lipinski definition) is 1. The molecule has 1 N–H and O–H groups in total. The molecule has 0 fully saturated rings. The number of nitrogens with one attached hydrogen (secondary N) is 1. The number of carbonyl (C=O) groups is 1. The van der Waals surface area contributed by atoms with E-state index in [1.165, 1.54) is 12.3 Å². The van der Waals surface area contributed by atoms with Crippen LogP contribution in [0, 0.1) is 12.9 Å². The summed E-state index contributed by atoms with van der Waals surface area (Å²) < 4.78 is 17.7. The average molecular weight is 222 g/mol. The summed E-state index contributed by atoms with van der Waals surface area (Å²) in [4.78, 5) is 14.9. The van der Waals surface area contributed by atoms with Crippen LogP contribution in [0.5, 0.6) is 0 Å². The minimum Gasteiger partial charge on any atom is -0.408 e. The second-order valence-corrected chi connectivity index (χ2v) is 2.95. The van der Waals surface area contributed by atoms with Gasteiger partial charge < -0.3 is 4.42 Å². The van der Waals surface area contributed by atoms with Crippen molar-refractivity contribution in [2.45, 2.75) is 6.92 Å². The molecule has 16 heavy (non-hydrogen) atoms. The molecule has 7 heteroatoms. The van der Waals surface area contributed by atoms with Crippen molar-refractivity contribution >= 4 is 11.9 Å². The molecule has 0 spiro atoms. The Bertz CT molecular complexity index is 526. The molecule has 0 radical (unpaired) electrons. The highest BCUT2D eigenvalue weighted by atomic mass is 19.1. The highest BCUT2D eigenvalue weighted by molar-refractivity contribution is 6.02. The third-order valence-electron chi connectivity index (χ3n) is 1.74. The second-order valence-electron chi connectivity index (χ2n) is 2.95. The molecule has 2 rings (SSSR count). The first-order valence-corrected chi connectivity index (χ1v) is 4.38. The van der Waals surface area contributed by atoms with Crippen molar-refractivity contribution in [3.63, 3.8) is 0 Å². The van der Waals surface area contributed by atoms with Gasteiger partial charge in [0.25, 0.3) is 5.91 Å². The summed E-state index contributed by atoms with van der Waals surface area (Å²) in [5, 5.41) is 9.44. The molecule has 1 amide bonds. The van der Waals surface area contributed by atoms with Crippen LogP contribution in [0.2, 0.25) is 0 Å². The van der Waals surface area contributed by atoms with E-state index in [1.807, 2.05) is 0 Å². The number of rotatable bonds is 2. The van der Waals surface area contributed by atoms with Crippen molar-refractivity contribution in [3.05, 3.63) is 35.7 Å². The van der Waals surface area contributed by atoms with E-state index < -0.39 is 11.9 Å². The van der Waals surface area contributed by atoms with Gasteiger partial charge in [0.05, 0.1) is 0 Å². The Morgan fingerprint density at radius 3 is 2.94 bits per heavy atom. The van der Waals surface area contributed by atoms with Crippen molar-refractivity contribution in [3.8, 4) is 0 Å². The number of halogens is 1. The molecular formula is C9H7FN4O2. The Morgan fingerprint density at radius 2 is 2.31 bits per heavy atom. The molecule has 2 aromatic heterocycles. The lowest BCUT2D eigenvalue weighted by Gasteiger charge is -1.99. The van der Waals surface area contributed by atoms with Gasteiger partial charge >= 0.3 is 6.01 Å². The van der Waals surface area contributed by atoms with Crippen molar-refractivity contribution in [1.82, 2.24) is 15.2 Å². The van der Waals surface area contributed by atoms with Crippen LogP contribution in [-0.2, 0) is 0 Å². The number of carbonyl (C=O) groups excluding carboxylic acids is 1. The lowest BCUT2D eigenvalue weighted by atomic mass is 10.2. The van der Waals surface area contributed by atoms with E-state index in [0.29, 0.717) is 5.89 Å². The first kappa shape index (κ1) is 10.2. The molecule has 2 heterocycles. The van der Waals surface area contributed by atoms with Gasteiger partial charge in [0.2, 0.25) is 11.8 Å². The maximum atomic E-state index is 12.7. The highest BCUT2D eigenvalue weighted by Crippen LogP contribution is 2.07. The summed E-state index contributed by atoms with van der Waals surface area (Å²) >= 11 is 0. The van der Waals surface area contributed by atoms with E-state index in [1.54, 1.807) is 6.92 Å². The minimum atomic E-state index is -0.727. The molecule has 0 aliphatic heterocycles. The molecule has 0 bridgehead atoms. The number of pyridine rings is 1. The Hall–Kier alpha value is -2.31. The van der Waals surface area contributed by atoms with Gasteiger partial charge in [-0.15, -0.1) is 5.10 Å². The summed E-state index contributed by atoms with van der Waals surface area (Å²) in [6, 6.07) is 2.36. The van der Waals surface area contributed by atoms with Gasteiger partial charge in [-0.2, -0.15) is 4.39 Å². The molecule has 0 saturated carbocycles. The van der Waals surface area contributed by atoms with Crippen LogP contribution >= 0.6 is 0 Å². The number of hydrogen-bond acceptors (Lipinski definition) is 5. The van der Waals surface area contributed by atoms with Crippen LogP contribution in [0.4, 0.5) is 10.4 Å². The van der Waals surface area contributed by atoms with Crippen LogP contribution in [0.25, 0.3) is 0 Å². The highest BCUT2D eigenvalue weighted by Gasteiger charge is 2.10. The van der Waals surface area contributed by atoms with Crippen LogP contribution < -0.4 is 5.32 Å². The summed E-state index contributed by atoms with van der Waals surface area (Å²) in [5.41, 5.74) is 0.128. The normalized spacial score (nSPS) is 10.1. The Balaban J connectivity index is 2.14. The van der Waals surface area contributed by atoms with Gasteiger partial charge in [0, 0.05) is 24.8 Å². The smallest absolute Gasteiger partial charge is 0.322 e. The first-order valence-electron chi connectivity index (χ1n) is 4.38. The molecule has 0 aromatic carbocycles. The van der Waals surface area contributed by atoms with Gasteiger partial charge in [-0.25, -0.2) is 4.98 Å². The lowest BCUT2D eigenvalue weighted by molar-refractivity contribution is 0.102. The maximum Gasteiger partial charge on any atom is 0.322 e. The molecule has 82 valence electrons. The van der Waals surface area contributed by atoms with Crippen molar-refractivity contribution in [2.75, 3.05) is 5.32 Å². The number of anilines is 1. The Kier molecular flexibility index (Phi) is 2.59. The molecule has 0 aliphatic rings. The van der Waals surface area contributed by atoms with Crippen molar-refractivity contribution in [1.29, 1.82) is 0 Å². The maximum absolute atomic E-state index is 12.7. The van der Waals surface area contributed by atoms with Gasteiger partial charge in [-0.05, 0) is 6.07 Å². The van der Waals surface area contributed by atoms with Gasteiger partial charge in [0.15, 0.2) is 0 Å². The van der Waals surface area contributed by atoms with Crippen molar-refractivity contribution in [2.24, 2.45) is 0 Å². The summed E-state index contributed by atoms with van der Waals surface area (Å²) in [5.74, 6) is -0.935. The zero-order chi connectivity index (χ0) is 11.5. The number of aryl methyl sites for hydroxylation is 1. The first-order chi connectivity index (χ1) is 7.65. The number of nitrogens with zero attached hydrogens (tertiary/aromatic N) is 3. The predicted molar refractivity (Wildman–Crippen MR) is 51.2 cm³/mol.